The Hall–Kier alpha value is -2.28. The van der Waals surface area contributed by atoms with Crippen LogP contribution in [-0.2, 0) is 0 Å². The summed E-state index contributed by atoms with van der Waals surface area (Å²) in [6, 6.07) is 9.51. The van der Waals surface area contributed by atoms with Crippen molar-refractivity contribution >= 4 is 29.4 Å². The second-order valence-electron chi connectivity index (χ2n) is 4.57. The lowest BCUT2D eigenvalue weighted by Gasteiger charge is -2.23. The van der Waals surface area contributed by atoms with Crippen molar-refractivity contribution in [2.75, 3.05) is 11.4 Å². The highest BCUT2D eigenvalue weighted by atomic mass is 32.1. The Morgan fingerprint density at radius 2 is 2.05 bits per heavy atom. The molecule has 0 spiro atoms. The third-order valence-electron chi connectivity index (χ3n) is 2.96. The lowest BCUT2D eigenvalue weighted by atomic mass is 10.2. The van der Waals surface area contributed by atoms with E-state index in [1.54, 1.807) is 6.92 Å². The third kappa shape index (κ3) is 3.25. The zero-order valence-corrected chi connectivity index (χ0v) is 12.7. The Balaban J connectivity index is 2.66. The van der Waals surface area contributed by atoms with Crippen LogP contribution in [-0.4, -0.2) is 21.4 Å². The number of hydrogen-bond acceptors (Lipinski definition) is 5. The quantitative estimate of drug-likeness (QED) is 0.515. The van der Waals surface area contributed by atoms with Crippen LogP contribution in [0.2, 0.25) is 0 Å². The molecule has 0 saturated carbocycles. The van der Waals surface area contributed by atoms with E-state index in [-0.39, 0.29) is 10.3 Å². The number of nitrogens with zero attached hydrogens (tertiary/aromatic N) is 3. The van der Waals surface area contributed by atoms with E-state index in [1.807, 2.05) is 42.2 Å². The van der Waals surface area contributed by atoms with Gasteiger partial charge in [0.05, 0.1) is 4.92 Å². The standard InChI is InChI=1S/C14H16N4O2S/c1-3-9-17(11-7-5-4-6-8-11)13-12(18(19)20)14(21)16-10(2)15-13/h4-8H,3,9H2,1-2H3,(H,15,16,21). The van der Waals surface area contributed by atoms with Crippen LogP contribution in [0.3, 0.4) is 0 Å². The first-order chi connectivity index (χ1) is 10.0. The lowest BCUT2D eigenvalue weighted by molar-refractivity contribution is -0.385. The summed E-state index contributed by atoms with van der Waals surface area (Å²) in [7, 11) is 0. The summed E-state index contributed by atoms with van der Waals surface area (Å²) < 4.78 is 0.00304. The SMILES string of the molecule is CCCN(c1ccccc1)c1[nH]c(C)nc(=S)c1[N+](=O)[O-]. The largest absolute Gasteiger partial charge is 0.346 e. The summed E-state index contributed by atoms with van der Waals surface area (Å²) >= 11 is 5.06. The Morgan fingerprint density at radius 3 is 2.62 bits per heavy atom. The summed E-state index contributed by atoms with van der Waals surface area (Å²) in [5, 5.41) is 11.3. The second kappa shape index (κ2) is 6.45. The second-order valence-corrected chi connectivity index (χ2v) is 4.96. The summed E-state index contributed by atoms with van der Waals surface area (Å²) in [6.07, 6.45) is 0.841. The fraction of sp³-hybridized carbons (Fsp3) is 0.286. The average Bonchev–Trinajstić information content (AvgIpc) is 2.44. The maximum Gasteiger partial charge on any atom is 0.346 e. The van der Waals surface area contributed by atoms with E-state index < -0.39 is 4.92 Å². The molecule has 0 saturated heterocycles. The molecule has 0 unspecified atom stereocenters. The molecule has 0 fully saturated rings. The zero-order valence-electron chi connectivity index (χ0n) is 11.9. The number of hydrogen-bond donors (Lipinski definition) is 1. The highest BCUT2D eigenvalue weighted by Crippen LogP contribution is 2.32. The van der Waals surface area contributed by atoms with E-state index in [0.29, 0.717) is 18.2 Å². The molecule has 0 amide bonds. The number of rotatable bonds is 5. The van der Waals surface area contributed by atoms with E-state index in [1.165, 1.54) is 0 Å². The van der Waals surface area contributed by atoms with Gasteiger partial charge >= 0.3 is 5.69 Å². The van der Waals surface area contributed by atoms with E-state index in [4.69, 9.17) is 12.2 Å². The fourth-order valence-electron chi connectivity index (χ4n) is 2.13. The van der Waals surface area contributed by atoms with Gasteiger partial charge in [0, 0.05) is 12.2 Å². The van der Waals surface area contributed by atoms with Gasteiger partial charge in [-0.1, -0.05) is 37.3 Å². The molecule has 110 valence electrons. The molecule has 0 bridgehead atoms. The van der Waals surface area contributed by atoms with Gasteiger partial charge in [-0.2, -0.15) is 0 Å². The molecule has 21 heavy (non-hydrogen) atoms. The first kappa shape index (κ1) is 15.1. The molecule has 1 aromatic carbocycles. The van der Waals surface area contributed by atoms with Crippen molar-refractivity contribution in [3.05, 3.63) is 50.9 Å². The molecule has 7 heteroatoms. The number of para-hydroxylation sites is 1. The van der Waals surface area contributed by atoms with Crippen molar-refractivity contribution in [2.24, 2.45) is 0 Å². The number of anilines is 2. The summed E-state index contributed by atoms with van der Waals surface area (Å²) in [4.78, 5) is 19.7. The Labute approximate surface area is 127 Å². The van der Waals surface area contributed by atoms with Gasteiger partial charge in [-0.15, -0.1) is 0 Å². The third-order valence-corrected chi connectivity index (χ3v) is 3.25. The van der Waals surface area contributed by atoms with Crippen molar-refractivity contribution in [3.8, 4) is 0 Å². The molecular weight excluding hydrogens is 288 g/mol. The molecule has 1 N–H and O–H groups in total. The minimum atomic E-state index is -0.480. The topological polar surface area (TPSA) is 75.1 Å². The molecule has 2 rings (SSSR count). The number of nitro groups is 1. The molecule has 2 aromatic rings. The van der Waals surface area contributed by atoms with Crippen LogP contribution >= 0.6 is 12.2 Å². The van der Waals surface area contributed by atoms with E-state index in [0.717, 1.165) is 12.1 Å². The smallest absolute Gasteiger partial charge is 0.324 e. The fourth-order valence-corrected chi connectivity index (χ4v) is 2.43. The van der Waals surface area contributed by atoms with Crippen molar-refractivity contribution < 1.29 is 4.92 Å². The maximum absolute atomic E-state index is 11.3. The number of aryl methyl sites for hydroxylation is 1. The predicted molar refractivity (Wildman–Crippen MR) is 84.6 cm³/mol. The predicted octanol–water partition coefficient (Wildman–Crippen LogP) is 3.90. The van der Waals surface area contributed by atoms with Crippen LogP contribution in [0, 0.1) is 21.7 Å². The molecule has 0 aliphatic rings. The highest BCUT2D eigenvalue weighted by molar-refractivity contribution is 7.71. The molecular formula is C14H16N4O2S. The first-order valence-corrected chi connectivity index (χ1v) is 7.03. The van der Waals surface area contributed by atoms with Gasteiger partial charge in [-0.25, -0.2) is 4.98 Å². The maximum atomic E-state index is 11.3. The summed E-state index contributed by atoms with van der Waals surface area (Å²) in [6.45, 7) is 4.39. The van der Waals surface area contributed by atoms with Gasteiger partial charge in [0.25, 0.3) is 0 Å². The van der Waals surface area contributed by atoms with Crippen LogP contribution < -0.4 is 4.90 Å². The Kier molecular flexibility index (Phi) is 4.64. The first-order valence-electron chi connectivity index (χ1n) is 6.62. The molecule has 0 radical (unpaired) electrons. The van der Waals surface area contributed by atoms with Crippen molar-refractivity contribution in [2.45, 2.75) is 20.3 Å². The molecule has 1 heterocycles. The minimum Gasteiger partial charge on any atom is -0.324 e. The van der Waals surface area contributed by atoms with Crippen LogP contribution in [0.5, 0.6) is 0 Å². The normalized spacial score (nSPS) is 10.4. The van der Waals surface area contributed by atoms with Gasteiger partial charge < -0.3 is 9.88 Å². The number of benzene rings is 1. The molecule has 0 aliphatic carbocycles. The Bertz CT molecular complexity index is 700. The molecule has 6 nitrogen and oxygen atoms in total. The van der Waals surface area contributed by atoms with E-state index in [9.17, 15) is 10.1 Å². The van der Waals surface area contributed by atoms with Crippen LogP contribution in [0.15, 0.2) is 30.3 Å². The minimum absolute atomic E-state index is 0.00304. The molecule has 0 atom stereocenters. The number of aromatic amines is 1. The van der Waals surface area contributed by atoms with Crippen LogP contribution in [0.25, 0.3) is 0 Å². The van der Waals surface area contributed by atoms with Gasteiger partial charge in [0.1, 0.15) is 5.82 Å². The monoisotopic (exact) mass is 304 g/mol. The summed E-state index contributed by atoms with van der Waals surface area (Å²) in [5.74, 6) is 0.934. The summed E-state index contributed by atoms with van der Waals surface area (Å²) in [5.41, 5.74) is 0.714. The van der Waals surface area contributed by atoms with Gasteiger partial charge in [-0.3, -0.25) is 10.1 Å². The lowest BCUT2D eigenvalue weighted by Crippen LogP contribution is -2.21. The zero-order chi connectivity index (χ0) is 15.4. The van der Waals surface area contributed by atoms with E-state index >= 15 is 0 Å². The molecule has 0 aliphatic heterocycles. The van der Waals surface area contributed by atoms with Gasteiger partial charge in [-0.05, 0) is 25.5 Å². The highest BCUT2D eigenvalue weighted by Gasteiger charge is 2.24. The average molecular weight is 304 g/mol. The van der Waals surface area contributed by atoms with Gasteiger partial charge in [0.2, 0.25) is 4.64 Å². The number of nitrogens with one attached hydrogen (secondary N) is 1. The number of H-pyrrole nitrogens is 1. The Morgan fingerprint density at radius 1 is 1.38 bits per heavy atom. The van der Waals surface area contributed by atoms with Crippen LogP contribution in [0.4, 0.5) is 17.2 Å². The van der Waals surface area contributed by atoms with Gasteiger partial charge in [0.15, 0.2) is 5.82 Å². The van der Waals surface area contributed by atoms with Crippen molar-refractivity contribution in [3.63, 3.8) is 0 Å². The van der Waals surface area contributed by atoms with Crippen molar-refractivity contribution in [1.29, 1.82) is 0 Å². The van der Waals surface area contributed by atoms with E-state index in [2.05, 4.69) is 9.97 Å². The van der Waals surface area contributed by atoms with Crippen molar-refractivity contribution in [1.82, 2.24) is 9.97 Å². The van der Waals surface area contributed by atoms with Crippen LogP contribution in [0.1, 0.15) is 19.2 Å². The molecule has 1 aromatic heterocycles. The number of aromatic nitrogens is 2.